The van der Waals surface area contributed by atoms with E-state index in [2.05, 4.69) is 25.2 Å². The normalized spacial score (nSPS) is 14.2. The molecule has 1 fully saturated rings. The van der Waals surface area contributed by atoms with Crippen molar-refractivity contribution in [1.82, 2.24) is 19.9 Å². The highest BCUT2D eigenvalue weighted by molar-refractivity contribution is 7.98. The van der Waals surface area contributed by atoms with Crippen LogP contribution in [-0.4, -0.2) is 51.9 Å². The van der Waals surface area contributed by atoms with Crippen LogP contribution in [-0.2, 0) is 5.75 Å². The van der Waals surface area contributed by atoms with Gasteiger partial charge in [-0.25, -0.2) is 15.0 Å². The molecule has 1 saturated heterocycles. The maximum atomic E-state index is 12.9. The third kappa shape index (κ3) is 4.99. The highest BCUT2D eigenvalue weighted by atomic mass is 32.2. The predicted octanol–water partition coefficient (Wildman–Crippen LogP) is 4.11. The zero-order valence-corrected chi connectivity index (χ0v) is 19.1. The van der Waals surface area contributed by atoms with Gasteiger partial charge in [0.15, 0.2) is 0 Å². The molecule has 1 aromatic carbocycles. The van der Waals surface area contributed by atoms with Gasteiger partial charge < -0.3 is 9.80 Å². The average Bonchev–Trinajstić information content (AvgIpc) is 3.17. The summed E-state index contributed by atoms with van der Waals surface area (Å²) in [7, 11) is 0. The summed E-state index contributed by atoms with van der Waals surface area (Å²) < 4.78 is 0. The first-order valence-electron chi connectivity index (χ1n) is 9.98. The fourth-order valence-corrected chi connectivity index (χ4v) is 5.02. The van der Waals surface area contributed by atoms with E-state index in [1.807, 2.05) is 56.0 Å². The molecule has 0 saturated carbocycles. The summed E-state index contributed by atoms with van der Waals surface area (Å²) in [6.07, 6.45) is 0. The highest BCUT2D eigenvalue weighted by Gasteiger charge is 2.23. The first kappa shape index (κ1) is 20.8. The fourth-order valence-electron chi connectivity index (χ4n) is 3.51. The standard InChI is InChI=1S/C22H25N5OS2/c1-15-12-21(24-16(2)23-15)26-8-10-27(11-9-26)22(28)18-4-6-20(7-5-18)30-14-19-13-29-17(3)25-19/h4-7,12-13H,8-11,14H2,1-3H3. The van der Waals surface area contributed by atoms with Gasteiger partial charge in [-0.15, -0.1) is 23.1 Å². The van der Waals surface area contributed by atoms with E-state index in [1.54, 1.807) is 23.1 Å². The van der Waals surface area contributed by atoms with Gasteiger partial charge in [0.05, 0.1) is 10.7 Å². The summed E-state index contributed by atoms with van der Waals surface area (Å²) in [6.45, 7) is 8.87. The van der Waals surface area contributed by atoms with Gasteiger partial charge in [0.1, 0.15) is 11.6 Å². The number of aromatic nitrogens is 3. The van der Waals surface area contributed by atoms with Gasteiger partial charge in [-0.3, -0.25) is 4.79 Å². The molecule has 6 nitrogen and oxygen atoms in total. The second-order valence-corrected chi connectivity index (χ2v) is 9.48. The molecule has 0 N–H and O–H groups in total. The number of rotatable bonds is 5. The molecule has 4 rings (SSSR count). The van der Waals surface area contributed by atoms with Crippen LogP contribution in [0.15, 0.2) is 40.6 Å². The summed E-state index contributed by atoms with van der Waals surface area (Å²) in [5, 5.41) is 3.20. The summed E-state index contributed by atoms with van der Waals surface area (Å²) in [4.78, 5) is 31.6. The quantitative estimate of drug-likeness (QED) is 0.558. The first-order chi connectivity index (χ1) is 14.5. The lowest BCUT2D eigenvalue weighted by Crippen LogP contribution is -2.49. The van der Waals surface area contributed by atoms with E-state index in [0.29, 0.717) is 13.1 Å². The van der Waals surface area contributed by atoms with Crippen LogP contribution >= 0.6 is 23.1 Å². The zero-order valence-electron chi connectivity index (χ0n) is 17.5. The van der Waals surface area contributed by atoms with Crippen LogP contribution in [0.4, 0.5) is 5.82 Å². The molecule has 0 aliphatic carbocycles. The lowest BCUT2D eigenvalue weighted by molar-refractivity contribution is 0.0746. The summed E-state index contributed by atoms with van der Waals surface area (Å²) in [5.41, 5.74) is 2.82. The Labute approximate surface area is 185 Å². The van der Waals surface area contributed by atoms with Crippen molar-refractivity contribution in [3.63, 3.8) is 0 Å². The van der Waals surface area contributed by atoms with Gasteiger partial charge in [0.25, 0.3) is 5.91 Å². The molecule has 3 heterocycles. The molecule has 1 aliphatic rings. The van der Waals surface area contributed by atoms with Crippen LogP contribution in [0.25, 0.3) is 0 Å². The van der Waals surface area contributed by atoms with Crippen molar-refractivity contribution < 1.29 is 4.79 Å². The summed E-state index contributed by atoms with van der Waals surface area (Å²) in [6, 6.07) is 9.93. The minimum atomic E-state index is 0.0939. The molecule has 156 valence electrons. The van der Waals surface area contributed by atoms with E-state index in [0.717, 1.165) is 57.3 Å². The van der Waals surface area contributed by atoms with E-state index >= 15 is 0 Å². The van der Waals surface area contributed by atoms with Crippen molar-refractivity contribution in [3.8, 4) is 0 Å². The molecule has 0 spiro atoms. The van der Waals surface area contributed by atoms with E-state index < -0.39 is 0 Å². The minimum Gasteiger partial charge on any atom is -0.353 e. The molecule has 3 aromatic rings. The Morgan fingerprint density at radius 1 is 1.03 bits per heavy atom. The number of thiazole rings is 1. The molecular formula is C22H25N5OS2. The molecule has 1 aliphatic heterocycles. The Morgan fingerprint density at radius 2 is 1.77 bits per heavy atom. The Balaban J connectivity index is 1.32. The first-order valence-corrected chi connectivity index (χ1v) is 11.8. The third-order valence-electron chi connectivity index (χ3n) is 5.00. The summed E-state index contributed by atoms with van der Waals surface area (Å²) >= 11 is 3.42. The van der Waals surface area contributed by atoms with Crippen LogP contribution in [0.5, 0.6) is 0 Å². The lowest BCUT2D eigenvalue weighted by Gasteiger charge is -2.35. The van der Waals surface area contributed by atoms with Gasteiger partial charge in [0.2, 0.25) is 0 Å². The second kappa shape index (κ2) is 9.14. The number of piperazine rings is 1. The number of carbonyl (C=O) groups excluding carboxylic acids is 1. The molecule has 2 aromatic heterocycles. The van der Waals surface area contributed by atoms with Crippen molar-refractivity contribution in [1.29, 1.82) is 0 Å². The van der Waals surface area contributed by atoms with Crippen LogP contribution in [0.1, 0.15) is 32.6 Å². The van der Waals surface area contributed by atoms with E-state index in [-0.39, 0.29) is 5.91 Å². The maximum absolute atomic E-state index is 12.9. The molecule has 0 radical (unpaired) electrons. The zero-order chi connectivity index (χ0) is 21.1. The van der Waals surface area contributed by atoms with Crippen LogP contribution in [0.3, 0.4) is 0 Å². The number of anilines is 1. The van der Waals surface area contributed by atoms with Crippen LogP contribution < -0.4 is 4.90 Å². The lowest BCUT2D eigenvalue weighted by atomic mass is 10.2. The molecular weight excluding hydrogens is 414 g/mol. The third-order valence-corrected chi connectivity index (χ3v) is 6.87. The van der Waals surface area contributed by atoms with Crippen molar-refractivity contribution in [2.24, 2.45) is 0 Å². The van der Waals surface area contributed by atoms with Crippen molar-refractivity contribution in [2.45, 2.75) is 31.4 Å². The van der Waals surface area contributed by atoms with Gasteiger partial charge in [-0.05, 0) is 45.0 Å². The number of amides is 1. The maximum Gasteiger partial charge on any atom is 0.253 e. The number of benzene rings is 1. The second-order valence-electron chi connectivity index (χ2n) is 7.36. The van der Waals surface area contributed by atoms with Crippen LogP contribution in [0, 0.1) is 20.8 Å². The van der Waals surface area contributed by atoms with Gasteiger partial charge in [-0.1, -0.05) is 0 Å². The van der Waals surface area contributed by atoms with Gasteiger partial charge >= 0.3 is 0 Å². The van der Waals surface area contributed by atoms with Crippen molar-refractivity contribution in [2.75, 3.05) is 31.1 Å². The Morgan fingerprint density at radius 3 is 2.40 bits per heavy atom. The Kier molecular flexibility index (Phi) is 6.34. The number of nitrogens with zero attached hydrogens (tertiary/aromatic N) is 5. The molecule has 0 bridgehead atoms. The van der Waals surface area contributed by atoms with E-state index in [4.69, 9.17) is 0 Å². The smallest absolute Gasteiger partial charge is 0.253 e. The number of hydrogen-bond donors (Lipinski definition) is 0. The minimum absolute atomic E-state index is 0.0939. The van der Waals surface area contributed by atoms with E-state index in [9.17, 15) is 4.79 Å². The number of hydrogen-bond acceptors (Lipinski definition) is 7. The van der Waals surface area contributed by atoms with Crippen molar-refractivity contribution in [3.05, 3.63) is 63.5 Å². The highest BCUT2D eigenvalue weighted by Crippen LogP contribution is 2.24. The predicted molar refractivity (Wildman–Crippen MR) is 122 cm³/mol. The Bertz CT molecular complexity index is 1010. The molecule has 30 heavy (non-hydrogen) atoms. The topological polar surface area (TPSA) is 62.2 Å². The van der Waals surface area contributed by atoms with Gasteiger partial charge in [-0.2, -0.15) is 0 Å². The summed E-state index contributed by atoms with van der Waals surface area (Å²) in [5.74, 6) is 2.67. The monoisotopic (exact) mass is 439 g/mol. The van der Waals surface area contributed by atoms with Gasteiger partial charge in [0, 0.05) is 59.5 Å². The molecule has 8 heteroatoms. The van der Waals surface area contributed by atoms with E-state index in [1.165, 1.54) is 0 Å². The average molecular weight is 440 g/mol. The fraction of sp³-hybridized carbons (Fsp3) is 0.364. The molecule has 1 amide bonds. The molecule has 0 atom stereocenters. The molecule has 0 unspecified atom stereocenters. The van der Waals surface area contributed by atoms with Crippen molar-refractivity contribution >= 4 is 34.8 Å². The SMILES string of the molecule is Cc1cc(N2CCN(C(=O)c3ccc(SCc4csc(C)n4)cc3)CC2)nc(C)n1. The number of thioether (sulfide) groups is 1. The number of carbonyl (C=O) groups is 1. The van der Waals surface area contributed by atoms with Crippen LogP contribution in [0.2, 0.25) is 0 Å². The largest absolute Gasteiger partial charge is 0.353 e. The number of aryl methyl sites for hydroxylation is 3. The Hall–Kier alpha value is -2.45.